The minimum atomic E-state index is -0.486. The number of hydrogen-bond donors (Lipinski definition) is 2. The second-order valence-corrected chi connectivity index (χ2v) is 7.75. The molecular weight excluding hydrogens is 457 g/mol. The maximum atomic E-state index is 13.6. The zero-order valence-corrected chi connectivity index (χ0v) is 18.9. The molecule has 0 aliphatic heterocycles. The maximum absolute atomic E-state index is 13.6. The zero-order chi connectivity index (χ0) is 23.3. The van der Waals surface area contributed by atoms with Crippen LogP contribution in [0.5, 0.6) is 0 Å². The fourth-order valence-corrected chi connectivity index (χ4v) is 3.25. The molecule has 0 fully saturated rings. The van der Waals surface area contributed by atoms with Gasteiger partial charge >= 0.3 is 0 Å². The van der Waals surface area contributed by atoms with E-state index in [0.717, 1.165) is 25.7 Å². The third kappa shape index (κ3) is 8.81. The number of benzene rings is 2. The van der Waals surface area contributed by atoms with Gasteiger partial charge in [0.2, 0.25) is 11.8 Å². The normalized spacial score (nSPS) is 11.2. The lowest BCUT2D eigenvalue weighted by Gasteiger charge is -2.04. The molecule has 2 amide bonds. The third-order valence-electron chi connectivity index (χ3n) is 4.50. The third-order valence-corrected chi connectivity index (χ3v) is 5.16. The molecule has 4 nitrogen and oxygen atoms in total. The summed E-state index contributed by atoms with van der Waals surface area (Å²) in [5.74, 6) is -1.61. The van der Waals surface area contributed by atoms with Crippen LogP contribution in [0.2, 0.25) is 10.0 Å². The molecule has 8 heteroatoms. The van der Waals surface area contributed by atoms with Crippen molar-refractivity contribution in [2.75, 3.05) is 13.1 Å². The summed E-state index contributed by atoms with van der Waals surface area (Å²) < 4.78 is 27.3. The highest BCUT2D eigenvalue weighted by atomic mass is 35.5. The lowest BCUT2D eigenvalue weighted by atomic mass is 10.2. The molecular formula is C24H24Cl2F2N2O2. The molecule has 2 aromatic rings. The van der Waals surface area contributed by atoms with E-state index in [9.17, 15) is 18.4 Å². The van der Waals surface area contributed by atoms with Crippen molar-refractivity contribution in [3.8, 4) is 0 Å². The Bertz CT molecular complexity index is 874. The number of nitrogens with one attached hydrogen (secondary N) is 2. The van der Waals surface area contributed by atoms with E-state index in [1.807, 2.05) is 0 Å². The van der Waals surface area contributed by atoms with Crippen LogP contribution in [0.3, 0.4) is 0 Å². The summed E-state index contributed by atoms with van der Waals surface area (Å²) >= 11 is 11.8. The van der Waals surface area contributed by atoms with E-state index in [1.54, 1.807) is 12.1 Å². The number of hydrogen-bond acceptors (Lipinski definition) is 2. The number of amides is 2. The number of halogens is 4. The number of carbonyl (C=O) groups excluding carboxylic acids is 2. The molecule has 0 heterocycles. The van der Waals surface area contributed by atoms with Gasteiger partial charge in [0.15, 0.2) is 0 Å². The van der Waals surface area contributed by atoms with Crippen molar-refractivity contribution in [1.29, 1.82) is 0 Å². The van der Waals surface area contributed by atoms with Crippen LogP contribution in [0.25, 0.3) is 12.2 Å². The van der Waals surface area contributed by atoms with E-state index in [2.05, 4.69) is 10.6 Å². The van der Waals surface area contributed by atoms with Gasteiger partial charge < -0.3 is 10.6 Å². The van der Waals surface area contributed by atoms with Crippen molar-refractivity contribution in [3.05, 3.63) is 81.4 Å². The van der Waals surface area contributed by atoms with Crippen molar-refractivity contribution in [1.82, 2.24) is 10.6 Å². The SMILES string of the molecule is O=C(C=Cc1c(F)cccc1Cl)NCCCCCCNC(=O)C=Cc1c(F)cccc1Cl. The minimum Gasteiger partial charge on any atom is -0.353 e. The van der Waals surface area contributed by atoms with Crippen molar-refractivity contribution >= 4 is 47.2 Å². The van der Waals surface area contributed by atoms with E-state index in [-0.39, 0.29) is 33.0 Å². The summed E-state index contributed by atoms with van der Waals surface area (Å²) in [4.78, 5) is 23.6. The van der Waals surface area contributed by atoms with Crippen LogP contribution in [0.1, 0.15) is 36.8 Å². The molecule has 0 radical (unpaired) electrons. The van der Waals surface area contributed by atoms with Gasteiger partial charge in [0.05, 0.1) is 10.0 Å². The van der Waals surface area contributed by atoms with E-state index in [0.29, 0.717) is 13.1 Å². The highest BCUT2D eigenvalue weighted by Gasteiger charge is 2.05. The van der Waals surface area contributed by atoms with E-state index < -0.39 is 11.6 Å². The van der Waals surface area contributed by atoms with Crippen molar-refractivity contribution in [2.45, 2.75) is 25.7 Å². The average Bonchev–Trinajstić information content (AvgIpc) is 2.75. The number of unbranched alkanes of at least 4 members (excludes halogenated alkanes) is 3. The summed E-state index contributed by atoms with van der Waals surface area (Å²) in [5.41, 5.74) is 0.358. The van der Waals surface area contributed by atoms with Crippen LogP contribution in [-0.4, -0.2) is 24.9 Å². The predicted molar refractivity (Wildman–Crippen MR) is 125 cm³/mol. The molecule has 0 atom stereocenters. The van der Waals surface area contributed by atoms with Crippen LogP contribution in [-0.2, 0) is 9.59 Å². The predicted octanol–water partition coefficient (Wildman–Crippen LogP) is 5.79. The highest BCUT2D eigenvalue weighted by molar-refractivity contribution is 6.32. The molecule has 32 heavy (non-hydrogen) atoms. The Balaban J connectivity index is 1.56. The van der Waals surface area contributed by atoms with Crippen LogP contribution in [0.4, 0.5) is 8.78 Å². The van der Waals surface area contributed by atoms with Crippen molar-refractivity contribution in [3.63, 3.8) is 0 Å². The second-order valence-electron chi connectivity index (χ2n) is 6.93. The topological polar surface area (TPSA) is 58.2 Å². The largest absolute Gasteiger partial charge is 0.353 e. The first-order chi connectivity index (χ1) is 15.4. The first-order valence-corrected chi connectivity index (χ1v) is 10.9. The quantitative estimate of drug-likeness (QED) is 0.315. The molecule has 0 aliphatic carbocycles. The summed E-state index contributed by atoms with van der Waals surface area (Å²) in [7, 11) is 0. The minimum absolute atomic E-state index is 0.179. The average molecular weight is 481 g/mol. The van der Waals surface area contributed by atoms with Gasteiger partial charge in [-0.15, -0.1) is 0 Å². The van der Waals surface area contributed by atoms with Gasteiger partial charge in [0.1, 0.15) is 11.6 Å². The van der Waals surface area contributed by atoms with Crippen LogP contribution >= 0.6 is 23.2 Å². The molecule has 0 unspecified atom stereocenters. The Labute approximate surface area is 196 Å². The van der Waals surface area contributed by atoms with Crippen LogP contribution in [0.15, 0.2) is 48.6 Å². The summed E-state index contributed by atoms with van der Waals surface area (Å²) in [6.07, 6.45) is 8.51. The van der Waals surface area contributed by atoms with Gasteiger partial charge in [0, 0.05) is 36.4 Å². The van der Waals surface area contributed by atoms with Crippen molar-refractivity contribution < 1.29 is 18.4 Å². The summed E-state index contributed by atoms with van der Waals surface area (Å²) in [6.45, 7) is 0.985. The molecule has 2 rings (SSSR count). The monoisotopic (exact) mass is 480 g/mol. The molecule has 0 saturated heterocycles. The highest BCUT2D eigenvalue weighted by Crippen LogP contribution is 2.21. The second kappa shape index (κ2) is 13.7. The Morgan fingerprint density at radius 2 is 1.12 bits per heavy atom. The molecule has 0 bridgehead atoms. The fourth-order valence-electron chi connectivity index (χ4n) is 2.80. The van der Waals surface area contributed by atoms with E-state index in [1.165, 1.54) is 48.6 Å². The Hall–Kier alpha value is -2.70. The lowest BCUT2D eigenvalue weighted by Crippen LogP contribution is -2.23. The lowest BCUT2D eigenvalue weighted by molar-refractivity contribution is -0.117. The number of carbonyl (C=O) groups is 2. The fraction of sp³-hybridized carbons (Fsp3) is 0.250. The van der Waals surface area contributed by atoms with E-state index in [4.69, 9.17) is 23.2 Å². The van der Waals surface area contributed by atoms with Crippen LogP contribution < -0.4 is 10.6 Å². The maximum Gasteiger partial charge on any atom is 0.244 e. The van der Waals surface area contributed by atoms with E-state index >= 15 is 0 Å². The first kappa shape index (κ1) is 25.6. The smallest absolute Gasteiger partial charge is 0.244 e. The molecule has 0 aromatic heterocycles. The van der Waals surface area contributed by atoms with Crippen LogP contribution in [0, 0.1) is 11.6 Å². The van der Waals surface area contributed by atoms with Gasteiger partial charge in [-0.05, 0) is 49.3 Å². The molecule has 170 valence electrons. The zero-order valence-electron chi connectivity index (χ0n) is 17.3. The Morgan fingerprint density at radius 3 is 1.50 bits per heavy atom. The molecule has 0 saturated carbocycles. The molecule has 0 aliphatic rings. The first-order valence-electron chi connectivity index (χ1n) is 10.2. The van der Waals surface area contributed by atoms with Gasteiger partial charge in [0.25, 0.3) is 0 Å². The summed E-state index contributed by atoms with van der Waals surface area (Å²) in [5, 5.41) is 5.95. The Kier molecular flexibility index (Phi) is 10.9. The molecule has 2 aromatic carbocycles. The van der Waals surface area contributed by atoms with Gasteiger partial charge in [-0.25, -0.2) is 8.78 Å². The molecule has 0 spiro atoms. The van der Waals surface area contributed by atoms with Crippen molar-refractivity contribution in [2.24, 2.45) is 0 Å². The molecule has 2 N–H and O–H groups in total. The van der Waals surface area contributed by atoms with Gasteiger partial charge in [-0.3, -0.25) is 9.59 Å². The van der Waals surface area contributed by atoms with Gasteiger partial charge in [-0.1, -0.05) is 48.2 Å². The number of rotatable bonds is 11. The standard InChI is InChI=1S/C24H24Cl2F2N2O2/c25-19-7-5-9-21(27)17(19)11-13-23(31)29-15-3-1-2-4-16-30-24(32)14-12-18-20(26)8-6-10-22(18)28/h5-14H,1-4,15-16H2,(H,29,31)(H,30,32). The van der Waals surface area contributed by atoms with Gasteiger partial charge in [-0.2, -0.15) is 0 Å². The summed E-state index contributed by atoms with van der Waals surface area (Å²) in [6, 6.07) is 8.67. The Morgan fingerprint density at radius 1 is 0.719 bits per heavy atom.